The third-order valence-corrected chi connectivity index (χ3v) is 2.74. The number of halogens is 3. The number of carbonyl (C=O) groups is 2. The highest BCUT2D eigenvalue weighted by atomic mass is 35.5. The molecule has 0 aliphatic carbocycles. The van der Waals surface area contributed by atoms with Crippen molar-refractivity contribution in [3.63, 3.8) is 0 Å². The van der Waals surface area contributed by atoms with Gasteiger partial charge in [0.2, 0.25) is 16.5 Å². The van der Waals surface area contributed by atoms with Crippen LogP contribution >= 0.6 is 34.8 Å². The third kappa shape index (κ3) is 7.73. The van der Waals surface area contributed by atoms with Gasteiger partial charge in [0.25, 0.3) is 0 Å². The zero-order valence-electron chi connectivity index (χ0n) is 11.7. The minimum absolute atomic E-state index is 0.0227. The van der Waals surface area contributed by atoms with Crippen molar-refractivity contribution < 1.29 is 19.8 Å². The molecular weight excluding hydrogens is 383 g/mol. The number of aromatic nitrogens is 3. The van der Waals surface area contributed by atoms with E-state index in [9.17, 15) is 9.59 Å². The second kappa shape index (κ2) is 9.66. The topological polar surface area (TPSA) is 125 Å². The number of hydrogen-bond acceptors (Lipinski definition) is 6. The Morgan fingerprint density at radius 3 is 1.88 bits per heavy atom. The van der Waals surface area contributed by atoms with E-state index in [0.29, 0.717) is 22.9 Å². The highest BCUT2D eigenvalue weighted by Gasteiger charge is 2.05. The minimum atomic E-state index is -1.26. The Kier molecular flexibility index (Phi) is 7.90. The van der Waals surface area contributed by atoms with Crippen LogP contribution in [0.1, 0.15) is 0 Å². The first kappa shape index (κ1) is 19.6. The van der Waals surface area contributed by atoms with E-state index in [1.165, 1.54) is 0 Å². The normalized spacial score (nSPS) is 9.96. The Morgan fingerprint density at radius 2 is 1.42 bits per heavy atom. The zero-order valence-corrected chi connectivity index (χ0v) is 13.9. The number of aliphatic carboxylic acids is 2. The molecule has 2 rings (SSSR count). The van der Waals surface area contributed by atoms with Gasteiger partial charge in [0.15, 0.2) is 0 Å². The molecule has 1 aromatic heterocycles. The molecule has 11 heteroatoms. The van der Waals surface area contributed by atoms with Crippen LogP contribution < -0.4 is 5.32 Å². The van der Waals surface area contributed by atoms with Crippen LogP contribution in [0.3, 0.4) is 0 Å². The first-order valence-electron chi connectivity index (χ1n) is 6.00. The van der Waals surface area contributed by atoms with Gasteiger partial charge < -0.3 is 15.5 Å². The van der Waals surface area contributed by atoms with Gasteiger partial charge in [-0.2, -0.15) is 15.0 Å². The molecule has 0 saturated heterocycles. The van der Waals surface area contributed by atoms with E-state index in [4.69, 9.17) is 45.0 Å². The highest BCUT2D eigenvalue weighted by Crippen LogP contribution is 2.23. The predicted molar refractivity (Wildman–Crippen MR) is 89.0 cm³/mol. The molecule has 0 atom stereocenters. The number of benzene rings is 1. The van der Waals surface area contributed by atoms with Crippen LogP contribution in [0.4, 0.5) is 11.6 Å². The molecule has 2 aromatic rings. The number of carboxylic acids is 2. The van der Waals surface area contributed by atoms with Crippen molar-refractivity contribution >= 4 is 58.4 Å². The molecule has 8 nitrogen and oxygen atoms in total. The molecule has 3 N–H and O–H groups in total. The number of anilines is 2. The first-order valence-corrected chi connectivity index (χ1v) is 7.14. The largest absolute Gasteiger partial charge is 0.478 e. The van der Waals surface area contributed by atoms with Crippen molar-refractivity contribution in [1.82, 2.24) is 15.0 Å². The number of rotatable bonds is 4. The molecular formula is C13H9Cl3N4O4. The number of nitrogens with one attached hydrogen (secondary N) is 1. The summed E-state index contributed by atoms with van der Waals surface area (Å²) in [5, 5.41) is 19.1. The smallest absolute Gasteiger partial charge is 0.328 e. The summed E-state index contributed by atoms with van der Waals surface area (Å²) in [6, 6.07) is 7.18. The molecule has 0 aliphatic rings. The van der Waals surface area contributed by atoms with Crippen LogP contribution in [0.5, 0.6) is 0 Å². The molecule has 0 spiro atoms. The van der Waals surface area contributed by atoms with Crippen molar-refractivity contribution in [2.75, 3.05) is 5.32 Å². The van der Waals surface area contributed by atoms with E-state index >= 15 is 0 Å². The van der Waals surface area contributed by atoms with Gasteiger partial charge in [0.05, 0.1) is 10.7 Å². The Morgan fingerprint density at radius 1 is 0.917 bits per heavy atom. The molecule has 0 bridgehead atoms. The van der Waals surface area contributed by atoms with Gasteiger partial charge in [-0.25, -0.2) is 9.59 Å². The SMILES string of the molecule is Clc1nc(Cl)nc(Nc2ccccc2Cl)n1.O=C(O)/C=C\C(=O)O. The Labute approximate surface area is 150 Å². The van der Waals surface area contributed by atoms with Gasteiger partial charge >= 0.3 is 11.9 Å². The van der Waals surface area contributed by atoms with Gasteiger partial charge in [-0.3, -0.25) is 0 Å². The maximum Gasteiger partial charge on any atom is 0.328 e. The van der Waals surface area contributed by atoms with Crippen LogP contribution in [0.25, 0.3) is 0 Å². The fourth-order valence-electron chi connectivity index (χ4n) is 1.21. The van der Waals surface area contributed by atoms with E-state index in [1.54, 1.807) is 12.1 Å². The van der Waals surface area contributed by atoms with Gasteiger partial charge in [0.1, 0.15) is 0 Å². The lowest BCUT2D eigenvalue weighted by molar-refractivity contribution is -0.134. The van der Waals surface area contributed by atoms with Crippen LogP contribution in [0.2, 0.25) is 15.6 Å². The van der Waals surface area contributed by atoms with Crippen LogP contribution in [0.15, 0.2) is 36.4 Å². The lowest BCUT2D eigenvalue weighted by atomic mass is 10.3. The molecule has 0 fully saturated rings. The average Bonchev–Trinajstić information content (AvgIpc) is 2.47. The lowest BCUT2D eigenvalue weighted by Crippen LogP contribution is -1.99. The zero-order chi connectivity index (χ0) is 18.1. The molecule has 0 amide bonds. The molecule has 0 aliphatic heterocycles. The summed E-state index contributed by atoms with van der Waals surface area (Å²) >= 11 is 17.2. The second-order valence-electron chi connectivity index (χ2n) is 3.81. The van der Waals surface area contributed by atoms with Crippen molar-refractivity contribution in [3.05, 3.63) is 52.0 Å². The minimum Gasteiger partial charge on any atom is -0.478 e. The van der Waals surface area contributed by atoms with E-state index in [1.807, 2.05) is 12.1 Å². The number of nitrogens with zero attached hydrogens (tertiary/aromatic N) is 3. The van der Waals surface area contributed by atoms with Crippen molar-refractivity contribution in [2.45, 2.75) is 0 Å². The first-order chi connectivity index (χ1) is 11.3. The molecule has 0 unspecified atom stereocenters. The van der Waals surface area contributed by atoms with E-state index in [-0.39, 0.29) is 16.5 Å². The van der Waals surface area contributed by atoms with Gasteiger partial charge in [0, 0.05) is 12.2 Å². The highest BCUT2D eigenvalue weighted by molar-refractivity contribution is 6.33. The van der Waals surface area contributed by atoms with Crippen molar-refractivity contribution in [1.29, 1.82) is 0 Å². The maximum atomic E-state index is 9.55. The molecule has 1 heterocycles. The third-order valence-electron chi connectivity index (χ3n) is 2.07. The molecule has 0 saturated carbocycles. The molecule has 0 radical (unpaired) electrons. The lowest BCUT2D eigenvalue weighted by Gasteiger charge is -2.06. The van der Waals surface area contributed by atoms with E-state index < -0.39 is 11.9 Å². The predicted octanol–water partition coefficient (Wildman–Crippen LogP) is 3.29. The summed E-state index contributed by atoms with van der Waals surface area (Å²) < 4.78 is 0. The van der Waals surface area contributed by atoms with Gasteiger partial charge in [-0.1, -0.05) is 23.7 Å². The Bertz CT molecular complexity index is 734. The second-order valence-corrected chi connectivity index (χ2v) is 4.90. The standard InChI is InChI=1S/C9H5Cl3N4.C4H4O4/c10-5-3-1-2-4-6(5)13-9-15-7(11)14-8(12)16-9;5-3(6)1-2-4(7)8/h1-4H,(H,13,14,15,16);1-2H,(H,5,6)(H,7,8)/b;2-1-. The van der Waals surface area contributed by atoms with Crippen molar-refractivity contribution in [3.8, 4) is 0 Å². The number of hydrogen-bond donors (Lipinski definition) is 3. The van der Waals surface area contributed by atoms with Crippen LogP contribution in [-0.4, -0.2) is 37.1 Å². The molecule has 1 aromatic carbocycles. The van der Waals surface area contributed by atoms with Crippen LogP contribution in [-0.2, 0) is 9.59 Å². The summed E-state index contributed by atoms with van der Waals surface area (Å²) in [7, 11) is 0. The quantitative estimate of drug-likeness (QED) is 0.678. The summed E-state index contributed by atoms with van der Waals surface area (Å²) in [5.41, 5.74) is 0.669. The summed E-state index contributed by atoms with van der Waals surface area (Å²) in [4.78, 5) is 30.5. The van der Waals surface area contributed by atoms with E-state index in [2.05, 4.69) is 20.3 Å². The Balaban J connectivity index is 0.000000307. The Hall–Kier alpha value is -2.42. The van der Waals surface area contributed by atoms with Crippen molar-refractivity contribution in [2.24, 2.45) is 0 Å². The molecule has 126 valence electrons. The summed E-state index contributed by atoms with van der Waals surface area (Å²) in [5.74, 6) is -2.27. The average molecular weight is 392 g/mol. The summed E-state index contributed by atoms with van der Waals surface area (Å²) in [6.07, 6.45) is 1.12. The van der Waals surface area contributed by atoms with Crippen LogP contribution in [0, 0.1) is 0 Å². The van der Waals surface area contributed by atoms with Gasteiger partial charge in [-0.15, -0.1) is 0 Å². The molecule has 24 heavy (non-hydrogen) atoms. The number of para-hydroxylation sites is 1. The fraction of sp³-hybridized carbons (Fsp3) is 0. The summed E-state index contributed by atoms with van der Waals surface area (Å²) in [6.45, 7) is 0. The number of carboxylic acid groups (broad SMARTS) is 2. The van der Waals surface area contributed by atoms with E-state index in [0.717, 1.165) is 0 Å². The maximum absolute atomic E-state index is 9.55. The van der Waals surface area contributed by atoms with Gasteiger partial charge in [-0.05, 0) is 35.3 Å². The fourth-order valence-corrected chi connectivity index (χ4v) is 1.75. The monoisotopic (exact) mass is 390 g/mol.